The van der Waals surface area contributed by atoms with E-state index < -0.39 is 8.07 Å². The van der Waals surface area contributed by atoms with Crippen molar-refractivity contribution in [3.8, 4) is 0 Å². The summed E-state index contributed by atoms with van der Waals surface area (Å²) in [7, 11) is -1.76. The van der Waals surface area contributed by atoms with E-state index in [2.05, 4.69) is 70.5 Å². The predicted molar refractivity (Wildman–Crippen MR) is 110 cm³/mol. The first kappa shape index (κ1) is 19.9. The van der Waals surface area contributed by atoms with E-state index in [1.54, 1.807) is 0 Å². The highest BCUT2D eigenvalue weighted by molar-refractivity contribution is 6.84. The van der Waals surface area contributed by atoms with Crippen LogP contribution in [0.4, 0.5) is 0 Å². The minimum absolute atomic E-state index is 0.298. The molecule has 1 saturated heterocycles. The van der Waals surface area contributed by atoms with Gasteiger partial charge in [-0.2, -0.15) is 0 Å². The van der Waals surface area contributed by atoms with Crippen molar-refractivity contribution in [1.82, 2.24) is 4.98 Å². The molecule has 0 aromatic carbocycles. The summed E-state index contributed by atoms with van der Waals surface area (Å²) in [6, 6.07) is 5.99. The smallest absolute Gasteiger partial charge is 0.400 e. The zero-order valence-electron chi connectivity index (χ0n) is 16.5. The van der Waals surface area contributed by atoms with Crippen molar-refractivity contribution in [2.75, 3.05) is 0 Å². The average Bonchev–Trinajstić information content (AvgIpc) is 2.70. The standard InChI is InChI=1S/C20H30BNO2Si/c1-19(2)20(3,4)24-21(23-19)14-10-8-13-18(25(5,6)7)16-17-12-9-11-15-22-17/h8-16H,1-7H3/b13-8+,14-10+,18-16-. The van der Waals surface area contributed by atoms with Crippen LogP contribution >= 0.6 is 0 Å². The summed E-state index contributed by atoms with van der Waals surface area (Å²) in [4.78, 5) is 4.41. The lowest BCUT2D eigenvalue weighted by Crippen LogP contribution is -2.41. The second kappa shape index (κ2) is 7.44. The van der Waals surface area contributed by atoms with E-state index >= 15 is 0 Å². The molecule has 0 spiro atoms. The van der Waals surface area contributed by atoms with Gasteiger partial charge in [0, 0.05) is 6.20 Å². The fourth-order valence-electron chi connectivity index (χ4n) is 2.42. The highest BCUT2D eigenvalue weighted by Gasteiger charge is 2.49. The molecular weight excluding hydrogens is 325 g/mol. The monoisotopic (exact) mass is 355 g/mol. The minimum atomic E-state index is -1.46. The first-order valence-electron chi connectivity index (χ1n) is 8.85. The molecule has 0 bridgehead atoms. The van der Waals surface area contributed by atoms with Gasteiger partial charge >= 0.3 is 7.12 Å². The molecule has 0 saturated carbocycles. The van der Waals surface area contributed by atoms with Crippen molar-refractivity contribution in [2.24, 2.45) is 0 Å². The zero-order chi connectivity index (χ0) is 18.7. The minimum Gasteiger partial charge on any atom is -0.400 e. The van der Waals surface area contributed by atoms with E-state index in [0.717, 1.165) is 5.69 Å². The number of aromatic nitrogens is 1. The number of hydrogen-bond acceptors (Lipinski definition) is 3. The Morgan fingerprint density at radius 2 is 1.68 bits per heavy atom. The second-order valence-electron chi connectivity index (χ2n) is 8.47. The van der Waals surface area contributed by atoms with Crippen LogP contribution in [0.2, 0.25) is 19.6 Å². The maximum Gasteiger partial charge on any atom is 0.487 e. The van der Waals surface area contributed by atoms with E-state index in [-0.39, 0.29) is 18.3 Å². The summed E-state index contributed by atoms with van der Waals surface area (Å²) in [5.41, 5.74) is 0.404. The van der Waals surface area contributed by atoms with Gasteiger partial charge in [0.2, 0.25) is 0 Å². The van der Waals surface area contributed by atoms with Crippen LogP contribution in [-0.4, -0.2) is 31.4 Å². The van der Waals surface area contributed by atoms with Crippen molar-refractivity contribution in [3.05, 3.63) is 59.5 Å². The SMILES string of the molecule is CC1(C)OB(/C=C/C=C/C(=C/c2ccccn2)[Si](C)(C)C)OC1(C)C. The third kappa shape index (κ3) is 5.27. The average molecular weight is 355 g/mol. The lowest BCUT2D eigenvalue weighted by molar-refractivity contribution is 0.00578. The van der Waals surface area contributed by atoms with Gasteiger partial charge in [-0.3, -0.25) is 4.98 Å². The molecule has 5 heteroatoms. The molecule has 0 amide bonds. The molecule has 2 rings (SSSR count). The summed E-state index contributed by atoms with van der Waals surface area (Å²) >= 11 is 0. The largest absolute Gasteiger partial charge is 0.487 e. The summed E-state index contributed by atoms with van der Waals surface area (Å²) < 4.78 is 12.0. The van der Waals surface area contributed by atoms with E-state index in [0.29, 0.717) is 0 Å². The Morgan fingerprint density at radius 1 is 1.04 bits per heavy atom. The van der Waals surface area contributed by atoms with Crippen LogP contribution in [0, 0.1) is 0 Å². The molecule has 134 valence electrons. The van der Waals surface area contributed by atoms with Gasteiger partial charge in [-0.25, -0.2) is 0 Å². The molecule has 0 radical (unpaired) electrons. The second-order valence-corrected chi connectivity index (χ2v) is 13.6. The van der Waals surface area contributed by atoms with Crippen molar-refractivity contribution in [1.29, 1.82) is 0 Å². The van der Waals surface area contributed by atoms with Crippen LogP contribution in [0.5, 0.6) is 0 Å². The molecule has 3 nitrogen and oxygen atoms in total. The number of hydrogen-bond donors (Lipinski definition) is 0. The highest BCUT2D eigenvalue weighted by Crippen LogP contribution is 2.36. The molecule has 0 unspecified atom stereocenters. The summed E-state index contributed by atoms with van der Waals surface area (Å²) in [5, 5.41) is 1.35. The zero-order valence-corrected chi connectivity index (χ0v) is 17.5. The first-order chi connectivity index (χ1) is 11.5. The number of nitrogens with zero attached hydrogens (tertiary/aromatic N) is 1. The third-order valence-electron chi connectivity index (χ3n) is 4.78. The molecule has 25 heavy (non-hydrogen) atoms. The van der Waals surface area contributed by atoms with Crippen molar-refractivity contribution < 1.29 is 9.31 Å². The third-order valence-corrected chi connectivity index (χ3v) is 6.83. The van der Waals surface area contributed by atoms with Gasteiger partial charge in [-0.1, -0.05) is 55.1 Å². The van der Waals surface area contributed by atoms with Crippen molar-refractivity contribution in [3.63, 3.8) is 0 Å². The number of pyridine rings is 1. The van der Waals surface area contributed by atoms with Crippen LogP contribution in [0.15, 0.2) is 53.8 Å². The van der Waals surface area contributed by atoms with Crippen molar-refractivity contribution in [2.45, 2.75) is 58.5 Å². The molecule has 0 N–H and O–H groups in total. The molecule has 0 aliphatic carbocycles. The Balaban J connectivity index is 2.09. The van der Waals surface area contributed by atoms with Crippen LogP contribution in [0.25, 0.3) is 6.08 Å². The molecule has 1 aromatic rings. The molecule has 0 atom stereocenters. The van der Waals surface area contributed by atoms with Gasteiger partial charge in [-0.05, 0) is 45.9 Å². The molecule has 1 fully saturated rings. The lowest BCUT2D eigenvalue weighted by Gasteiger charge is -2.32. The fraction of sp³-hybridized carbons (Fsp3) is 0.450. The maximum absolute atomic E-state index is 5.98. The maximum atomic E-state index is 5.98. The van der Waals surface area contributed by atoms with E-state index in [1.807, 2.05) is 36.4 Å². The number of allylic oxidation sites excluding steroid dienone is 4. The van der Waals surface area contributed by atoms with E-state index in [9.17, 15) is 0 Å². The Bertz CT molecular complexity index is 657. The summed E-state index contributed by atoms with van der Waals surface area (Å²) in [6.07, 6.45) is 10.3. The summed E-state index contributed by atoms with van der Waals surface area (Å²) in [6.45, 7) is 15.3. The fourth-order valence-corrected chi connectivity index (χ4v) is 3.59. The van der Waals surface area contributed by atoms with Crippen molar-refractivity contribution >= 4 is 21.3 Å². The molecule has 1 aromatic heterocycles. The first-order valence-corrected chi connectivity index (χ1v) is 12.3. The Kier molecular flexibility index (Phi) is 5.92. The topological polar surface area (TPSA) is 31.4 Å². The van der Waals surface area contributed by atoms with Gasteiger partial charge in [0.25, 0.3) is 0 Å². The molecule has 1 aliphatic rings. The normalized spacial score (nSPS) is 20.8. The van der Waals surface area contributed by atoms with E-state index in [1.165, 1.54) is 5.20 Å². The highest BCUT2D eigenvalue weighted by atomic mass is 28.3. The Labute approximate surface area is 154 Å². The Morgan fingerprint density at radius 3 is 2.20 bits per heavy atom. The molecular formula is C20H30BNO2Si. The van der Waals surface area contributed by atoms with Gasteiger partial charge in [0.1, 0.15) is 0 Å². The van der Waals surface area contributed by atoms with Crippen LogP contribution in [0.1, 0.15) is 33.4 Å². The number of rotatable bonds is 5. The predicted octanol–water partition coefficient (Wildman–Crippen LogP) is 5.09. The van der Waals surface area contributed by atoms with Gasteiger partial charge < -0.3 is 9.31 Å². The summed E-state index contributed by atoms with van der Waals surface area (Å²) in [5.74, 6) is 1.97. The quantitative estimate of drug-likeness (QED) is 0.545. The van der Waals surface area contributed by atoms with Crippen LogP contribution < -0.4 is 0 Å². The molecule has 1 aliphatic heterocycles. The van der Waals surface area contributed by atoms with Crippen LogP contribution in [-0.2, 0) is 9.31 Å². The lowest BCUT2D eigenvalue weighted by atomic mass is 9.90. The van der Waals surface area contributed by atoms with Gasteiger partial charge in [-0.15, -0.1) is 0 Å². The van der Waals surface area contributed by atoms with Gasteiger partial charge in [0.05, 0.1) is 25.0 Å². The van der Waals surface area contributed by atoms with E-state index in [4.69, 9.17) is 9.31 Å². The van der Waals surface area contributed by atoms with Crippen LogP contribution in [0.3, 0.4) is 0 Å². The molecule has 2 heterocycles. The Hall–Kier alpha value is -1.43. The van der Waals surface area contributed by atoms with Gasteiger partial charge in [0.15, 0.2) is 0 Å².